The van der Waals surface area contributed by atoms with Crippen molar-refractivity contribution in [3.8, 4) is 0 Å². The second-order valence-electron chi connectivity index (χ2n) is 7.44. The predicted molar refractivity (Wildman–Crippen MR) is 120 cm³/mol. The van der Waals surface area contributed by atoms with Crippen LogP contribution < -0.4 is 4.90 Å². The summed E-state index contributed by atoms with van der Waals surface area (Å²) in [6.45, 7) is 0. The summed E-state index contributed by atoms with van der Waals surface area (Å²) in [4.78, 5) is 17.1. The normalized spacial score (nSPS) is 16.2. The van der Waals surface area contributed by atoms with E-state index < -0.39 is 0 Å². The van der Waals surface area contributed by atoms with Crippen LogP contribution in [0, 0.1) is 0 Å². The van der Waals surface area contributed by atoms with Gasteiger partial charge in [-0.3, -0.25) is 9.69 Å². The van der Waals surface area contributed by atoms with Crippen LogP contribution >= 0.6 is 35.1 Å². The Bertz CT molecular complexity index is 1080. The minimum absolute atomic E-state index is 0.0475. The molecule has 0 bridgehead atoms. The molecule has 2 heterocycles. The highest BCUT2D eigenvalue weighted by atomic mass is 35.5. The van der Waals surface area contributed by atoms with Gasteiger partial charge in [0.15, 0.2) is 0 Å². The molecule has 1 saturated carbocycles. The number of hydrogen-bond acceptors (Lipinski definition) is 6. The maximum absolute atomic E-state index is 13.3. The van der Waals surface area contributed by atoms with Crippen molar-refractivity contribution < 1.29 is 9.21 Å². The third-order valence-corrected chi connectivity index (χ3v) is 7.60. The van der Waals surface area contributed by atoms with Crippen LogP contribution in [-0.4, -0.2) is 21.9 Å². The Morgan fingerprint density at radius 2 is 1.90 bits per heavy atom. The van der Waals surface area contributed by atoms with Crippen molar-refractivity contribution >= 4 is 52.4 Å². The standard InChI is InChI=1S/C22H20ClN3O2S2/c23-15-10-11-19-17(12-15)26(16-8-4-5-9-18(16)30-19)20(27)13-29-22-25-24-21(28-22)14-6-2-1-3-7-14/h4-5,8-12,14H,1-3,6-7,13H2. The second kappa shape index (κ2) is 8.65. The van der Waals surface area contributed by atoms with Crippen LogP contribution in [0.4, 0.5) is 11.4 Å². The van der Waals surface area contributed by atoms with Gasteiger partial charge in [-0.15, -0.1) is 10.2 Å². The fourth-order valence-corrected chi connectivity index (χ4v) is 5.80. The molecule has 30 heavy (non-hydrogen) atoms. The van der Waals surface area contributed by atoms with E-state index in [1.165, 1.54) is 31.0 Å². The summed E-state index contributed by atoms with van der Waals surface area (Å²) >= 11 is 9.17. The van der Waals surface area contributed by atoms with E-state index in [1.807, 2.05) is 42.5 Å². The van der Waals surface area contributed by atoms with E-state index in [0.717, 1.165) is 34.0 Å². The van der Waals surface area contributed by atoms with Gasteiger partial charge in [-0.2, -0.15) is 0 Å². The van der Waals surface area contributed by atoms with Crippen LogP contribution in [0.25, 0.3) is 0 Å². The molecule has 0 atom stereocenters. The number of aromatic nitrogens is 2. The number of benzene rings is 2. The van der Waals surface area contributed by atoms with E-state index in [1.54, 1.807) is 16.7 Å². The second-order valence-corrected chi connectivity index (χ2v) is 9.89. The molecule has 154 valence electrons. The Balaban J connectivity index is 1.35. The molecule has 0 saturated heterocycles. The SMILES string of the molecule is O=C(CSc1nnc(C2CCCCC2)o1)N1c2ccccc2Sc2ccc(Cl)cc21. The molecule has 1 aliphatic carbocycles. The zero-order valence-corrected chi connectivity index (χ0v) is 18.6. The number of carbonyl (C=O) groups is 1. The van der Waals surface area contributed by atoms with Crippen LogP contribution in [0.15, 0.2) is 61.9 Å². The van der Waals surface area contributed by atoms with Gasteiger partial charge in [0.2, 0.25) is 11.8 Å². The van der Waals surface area contributed by atoms with E-state index in [0.29, 0.717) is 22.1 Å². The van der Waals surface area contributed by atoms with Gasteiger partial charge < -0.3 is 4.42 Å². The molecule has 3 aromatic rings. The van der Waals surface area contributed by atoms with Crippen LogP contribution in [0.3, 0.4) is 0 Å². The lowest BCUT2D eigenvalue weighted by atomic mass is 9.89. The first-order valence-electron chi connectivity index (χ1n) is 10.0. The van der Waals surface area contributed by atoms with Crippen molar-refractivity contribution in [2.24, 2.45) is 0 Å². The average molecular weight is 458 g/mol. The molecule has 8 heteroatoms. The number of rotatable bonds is 4. The monoisotopic (exact) mass is 457 g/mol. The molecule has 0 unspecified atom stereocenters. The minimum atomic E-state index is -0.0475. The van der Waals surface area contributed by atoms with Gasteiger partial charge in [0.1, 0.15) is 0 Å². The minimum Gasteiger partial charge on any atom is -0.416 e. The number of thioether (sulfide) groups is 1. The average Bonchev–Trinajstić information content (AvgIpc) is 3.26. The van der Waals surface area contributed by atoms with Gasteiger partial charge in [-0.25, -0.2) is 0 Å². The fourth-order valence-electron chi connectivity index (χ4n) is 3.98. The lowest BCUT2D eigenvalue weighted by molar-refractivity contribution is -0.115. The maximum Gasteiger partial charge on any atom is 0.277 e. The first kappa shape index (κ1) is 20.0. The van der Waals surface area contributed by atoms with E-state index in [4.69, 9.17) is 16.0 Å². The van der Waals surface area contributed by atoms with Crippen molar-refractivity contribution in [3.63, 3.8) is 0 Å². The first-order valence-corrected chi connectivity index (χ1v) is 12.2. The summed E-state index contributed by atoms with van der Waals surface area (Å²) in [5.74, 6) is 1.23. The quantitative estimate of drug-likeness (QED) is 0.406. The van der Waals surface area contributed by atoms with E-state index >= 15 is 0 Å². The molecule has 1 aliphatic heterocycles. The van der Waals surface area contributed by atoms with Crippen molar-refractivity contribution in [2.75, 3.05) is 10.7 Å². The Hall–Kier alpha value is -1.96. The van der Waals surface area contributed by atoms with Gasteiger partial charge in [-0.1, -0.05) is 66.5 Å². The summed E-state index contributed by atoms with van der Waals surface area (Å²) in [6.07, 6.45) is 5.91. The third kappa shape index (κ3) is 3.98. The van der Waals surface area contributed by atoms with Crippen molar-refractivity contribution in [2.45, 2.75) is 53.0 Å². The Kier molecular flexibility index (Phi) is 5.76. The Morgan fingerprint density at radius 3 is 2.77 bits per heavy atom. The molecule has 0 spiro atoms. The molecule has 1 aromatic heterocycles. The molecular formula is C22H20ClN3O2S2. The summed E-state index contributed by atoms with van der Waals surface area (Å²) < 4.78 is 5.86. The van der Waals surface area contributed by atoms with E-state index in [2.05, 4.69) is 10.2 Å². The lowest BCUT2D eigenvalue weighted by Crippen LogP contribution is -2.30. The van der Waals surface area contributed by atoms with Gasteiger partial charge in [0.25, 0.3) is 5.22 Å². The number of nitrogens with zero attached hydrogens (tertiary/aromatic N) is 3. The number of anilines is 2. The number of amides is 1. The van der Waals surface area contributed by atoms with Crippen molar-refractivity contribution in [3.05, 3.63) is 53.4 Å². The van der Waals surface area contributed by atoms with Gasteiger partial charge >= 0.3 is 0 Å². The third-order valence-electron chi connectivity index (χ3n) is 5.43. The molecule has 1 amide bonds. The predicted octanol–water partition coefficient (Wildman–Crippen LogP) is 6.69. The van der Waals surface area contributed by atoms with Gasteiger partial charge in [0, 0.05) is 20.7 Å². The summed E-state index contributed by atoms with van der Waals surface area (Å²) in [5, 5.41) is 9.45. The Morgan fingerprint density at radius 1 is 1.10 bits per heavy atom. The summed E-state index contributed by atoms with van der Waals surface area (Å²) in [5.41, 5.74) is 1.68. The number of hydrogen-bond donors (Lipinski definition) is 0. The number of para-hydroxylation sites is 1. The highest BCUT2D eigenvalue weighted by molar-refractivity contribution is 8.00. The molecule has 5 rings (SSSR count). The molecule has 5 nitrogen and oxygen atoms in total. The fraction of sp³-hybridized carbons (Fsp3) is 0.318. The van der Waals surface area contributed by atoms with Gasteiger partial charge in [-0.05, 0) is 43.2 Å². The summed E-state index contributed by atoms with van der Waals surface area (Å²) in [7, 11) is 0. The molecule has 1 fully saturated rings. The zero-order valence-electron chi connectivity index (χ0n) is 16.2. The largest absolute Gasteiger partial charge is 0.416 e. The smallest absolute Gasteiger partial charge is 0.277 e. The number of fused-ring (bicyclic) bond motifs is 2. The number of carbonyl (C=O) groups excluding carboxylic acids is 1. The summed E-state index contributed by atoms with van der Waals surface area (Å²) in [6, 6.07) is 13.6. The zero-order chi connectivity index (χ0) is 20.5. The van der Waals surface area contributed by atoms with Crippen molar-refractivity contribution in [1.82, 2.24) is 10.2 Å². The highest BCUT2D eigenvalue weighted by Crippen LogP contribution is 2.49. The number of halogens is 1. The molecule has 2 aromatic carbocycles. The molecular weight excluding hydrogens is 438 g/mol. The molecule has 0 N–H and O–H groups in total. The molecule has 2 aliphatic rings. The van der Waals surface area contributed by atoms with E-state index in [-0.39, 0.29) is 11.7 Å². The van der Waals surface area contributed by atoms with Crippen LogP contribution in [-0.2, 0) is 4.79 Å². The first-order chi connectivity index (χ1) is 14.7. The van der Waals surface area contributed by atoms with Crippen molar-refractivity contribution in [1.29, 1.82) is 0 Å². The Labute approximate surface area is 188 Å². The highest BCUT2D eigenvalue weighted by Gasteiger charge is 2.29. The van der Waals surface area contributed by atoms with E-state index in [9.17, 15) is 4.79 Å². The van der Waals surface area contributed by atoms with Crippen LogP contribution in [0.1, 0.15) is 43.9 Å². The van der Waals surface area contributed by atoms with Crippen LogP contribution in [0.2, 0.25) is 5.02 Å². The maximum atomic E-state index is 13.3. The van der Waals surface area contributed by atoms with Crippen LogP contribution in [0.5, 0.6) is 0 Å². The lowest BCUT2D eigenvalue weighted by Gasteiger charge is -2.31. The van der Waals surface area contributed by atoms with Gasteiger partial charge in [0.05, 0.1) is 17.1 Å². The molecule has 0 radical (unpaired) electrons. The topological polar surface area (TPSA) is 59.2 Å².